The highest BCUT2D eigenvalue weighted by molar-refractivity contribution is 5.47. The van der Waals surface area contributed by atoms with E-state index in [9.17, 15) is 0 Å². The van der Waals surface area contributed by atoms with Crippen molar-refractivity contribution in [2.45, 2.75) is 0 Å². The minimum absolute atomic E-state index is 0.555. The van der Waals surface area contributed by atoms with Crippen molar-refractivity contribution in [3.05, 3.63) is 42.2 Å². The zero-order valence-electron chi connectivity index (χ0n) is 6.94. The lowest BCUT2D eigenvalue weighted by Gasteiger charge is -1.95. The lowest BCUT2D eigenvalue weighted by Crippen LogP contribution is -2.04. The van der Waals surface area contributed by atoms with Crippen molar-refractivity contribution < 1.29 is 4.74 Å². The van der Waals surface area contributed by atoms with Crippen LogP contribution in [0.15, 0.2) is 36.6 Å². The summed E-state index contributed by atoms with van der Waals surface area (Å²) in [5, 5.41) is 0. The first kappa shape index (κ1) is 8.81. The predicted molar refractivity (Wildman–Crippen MR) is 50.5 cm³/mol. The Morgan fingerprint density at radius 2 is 2.00 bits per heavy atom. The van der Waals surface area contributed by atoms with Crippen molar-refractivity contribution in [1.82, 2.24) is 0 Å². The third kappa shape index (κ3) is 3.21. The Bertz CT molecular complexity index is 231. The summed E-state index contributed by atoms with van der Waals surface area (Å²) in [6.45, 7) is 1.13. The Labute approximate surface area is 72.7 Å². The zero-order valence-corrected chi connectivity index (χ0v) is 6.94. The maximum absolute atomic E-state index is 5.25. The Hall–Kier alpha value is -1.28. The summed E-state index contributed by atoms with van der Waals surface area (Å²) >= 11 is 0. The second-order valence-corrected chi connectivity index (χ2v) is 2.37. The molecule has 0 fully saturated rings. The molecule has 0 aliphatic heterocycles. The molecule has 0 atom stereocenters. The fourth-order valence-corrected chi connectivity index (χ4v) is 0.827. The molecule has 1 aromatic rings. The molecule has 64 valence electrons. The van der Waals surface area contributed by atoms with Crippen molar-refractivity contribution in [3.8, 4) is 0 Å². The number of hydrogen-bond donors (Lipinski definition) is 1. The third-order valence-corrected chi connectivity index (χ3v) is 1.39. The van der Waals surface area contributed by atoms with Gasteiger partial charge >= 0.3 is 0 Å². The Kier molecular flexibility index (Phi) is 3.95. The van der Waals surface area contributed by atoms with E-state index < -0.39 is 0 Å². The molecule has 0 saturated heterocycles. The van der Waals surface area contributed by atoms with Gasteiger partial charge in [0.25, 0.3) is 0 Å². The van der Waals surface area contributed by atoms with Crippen LogP contribution in [0.3, 0.4) is 0 Å². The molecule has 2 heteroatoms. The average Bonchev–Trinajstić information content (AvgIpc) is 2.14. The standard InChI is InChI=1S/C10H13NO/c11-7-9-12-8-6-10-4-2-1-3-5-10/h1-6,8H,7,9,11H2/b8-6+. The van der Waals surface area contributed by atoms with Crippen molar-refractivity contribution in [2.75, 3.05) is 13.2 Å². The van der Waals surface area contributed by atoms with E-state index in [0.29, 0.717) is 13.2 Å². The van der Waals surface area contributed by atoms with Crippen LogP contribution in [0, 0.1) is 0 Å². The van der Waals surface area contributed by atoms with Crippen LogP contribution in [0.2, 0.25) is 0 Å². The monoisotopic (exact) mass is 163 g/mol. The lowest BCUT2D eigenvalue weighted by atomic mass is 10.2. The molecule has 0 aromatic heterocycles. The van der Waals surface area contributed by atoms with E-state index >= 15 is 0 Å². The fraction of sp³-hybridized carbons (Fsp3) is 0.200. The van der Waals surface area contributed by atoms with Crippen LogP contribution in [0.25, 0.3) is 6.08 Å². The number of hydrogen-bond acceptors (Lipinski definition) is 2. The largest absolute Gasteiger partial charge is 0.500 e. The molecule has 0 saturated carbocycles. The third-order valence-electron chi connectivity index (χ3n) is 1.39. The molecule has 0 bridgehead atoms. The molecule has 2 nitrogen and oxygen atoms in total. The molecule has 2 N–H and O–H groups in total. The second kappa shape index (κ2) is 5.38. The minimum Gasteiger partial charge on any atom is -0.500 e. The Morgan fingerprint density at radius 3 is 2.67 bits per heavy atom. The van der Waals surface area contributed by atoms with Gasteiger partial charge in [0.15, 0.2) is 0 Å². The van der Waals surface area contributed by atoms with Gasteiger partial charge in [0.2, 0.25) is 0 Å². The average molecular weight is 163 g/mol. The molecular weight excluding hydrogens is 150 g/mol. The van der Waals surface area contributed by atoms with Gasteiger partial charge in [0.1, 0.15) is 0 Å². The van der Waals surface area contributed by atoms with Crippen molar-refractivity contribution >= 4 is 6.08 Å². The first-order valence-electron chi connectivity index (χ1n) is 3.97. The smallest absolute Gasteiger partial charge is 0.0995 e. The maximum atomic E-state index is 5.25. The first-order chi connectivity index (χ1) is 5.93. The first-order valence-corrected chi connectivity index (χ1v) is 3.97. The highest BCUT2D eigenvalue weighted by atomic mass is 16.5. The number of ether oxygens (including phenoxy) is 1. The van der Waals surface area contributed by atoms with E-state index in [2.05, 4.69) is 0 Å². The molecule has 0 heterocycles. The molecule has 0 radical (unpaired) electrons. The molecule has 12 heavy (non-hydrogen) atoms. The summed E-state index contributed by atoms with van der Waals surface area (Å²) in [6.07, 6.45) is 3.58. The minimum atomic E-state index is 0.555. The number of rotatable bonds is 4. The van der Waals surface area contributed by atoms with Gasteiger partial charge in [-0.1, -0.05) is 30.3 Å². The van der Waals surface area contributed by atoms with Gasteiger partial charge in [-0.3, -0.25) is 0 Å². The van der Waals surface area contributed by atoms with Crippen LogP contribution < -0.4 is 5.73 Å². The lowest BCUT2D eigenvalue weighted by molar-refractivity contribution is 0.262. The summed E-state index contributed by atoms with van der Waals surface area (Å²) < 4.78 is 5.08. The highest BCUT2D eigenvalue weighted by Gasteiger charge is 1.81. The highest BCUT2D eigenvalue weighted by Crippen LogP contribution is 2.00. The molecule has 0 spiro atoms. The van der Waals surface area contributed by atoms with Crippen LogP contribution in [-0.2, 0) is 4.74 Å². The Morgan fingerprint density at radius 1 is 1.25 bits per heavy atom. The predicted octanol–water partition coefficient (Wildman–Crippen LogP) is 1.63. The van der Waals surface area contributed by atoms with E-state index in [1.54, 1.807) is 6.26 Å². The van der Waals surface area contributed by atoms with Gasteiger partial charge in [-0.2, -0.15) is 0 Å². The molecule has 0 aliphatic rings. The van der Waals surface area contributed by atoms with Crippen molar-refractivity contribution in [2.24, 2.45) is 5.73 Å². The van der Waals surface area contributed by atoms with E-state index in [1.807, 2.05) is 36.4 Å². The van der Waals surface area contributed by atoms with Gasteiger partial charge in [-0.15, -0.1) is 0 Å². The van der Waals surface area contributed by atoms with Gasteiger partial charge in [0.05, 0.1) is 12.9 Å². The molecule has 0 aliphatic carbocycles. The summed E-state index contributed by atoms with van der Waals surface area (Å²) in [6, 6.07) is 9.99. The van der Waals surface area contributed by atoms with Crippen molar-refractivity contribution in [3.63, 3.8) is 0 Å². The van der Waals surface area contributed by atoms with Gasteiger partial charge in [-0.05, 0) is 11.6 Å². The summed E-state index contributed by atoms with van der Waals surface area (Å²) in [4.78, 5) is 0. The van der Waals surface area contributed by atoms with Crippen molar-refractivity contribution in [1.29, 1.82) is 0 Å². The summed E-state index contributed by atoms with van der Waals surface area (Å²) in [5.74, 6) is 0. The van der Waals surface area contributed by atoms with Gasteiger partial charge in [-0.25, -0.2) is 0 Å². The summed E-state index contributed by atoms with van der Waals surface area (Å²) in [7, 11) is 0. The van der Waals surface area contributed by atoms with Crippen LogP contribution >= 0.6 is 0 Å². The van der Waals surface area contributed by atoms with Gasteiger partial charge < -0.3 is 10.5 Å². The number of nitrogens with two attached hydrogens (primary N) is 1. The quantitative estimate of drug-likeness (QED) is 0.541. The Balaban J connectivity index is 2.36. The van der Waals surface area contributed by atoms with Crippen LogP contribution in [0.4, 0.5) is 0 Å². The van der Waals surface area contributed by atoms with Crippen LogP contribution in [0.1, 0.15) is 5.56 Å². The fourth-order valence-electron chi connectivity index (χ4n) is 0.827. The second-order valence-electron chi connectivity index (χ2n) is 2.37. The topological polar surface area (TPSA) is 35.2 Å². The molecule has 1 rings (SSSR count). The molecular formula is C10H13NO. The van der Waals surface area contributed by atoms with Crippen LogP contribution in [0.5, 0.6) is 0 Å². The maximum Gasteiger partial charge on any atom is 0.0995 e. The zero-order chi connectivity index (χ0) is 8.65. The molecule has 0 amide bonds. The normalized spacial score (nSPS) is 10.4. The van der Waals surface area contributed by atoms with E-state index in [1.165, 1.54) is 0 Å². The van der Waals surface area contributed by atoms with E-state index in [-0.39, 0.29) is 0 Å². The van der Waals surface area contributed by atoms with E-state index in [0.717, 1.165) is 5.56 Å². The van der Waals surface area contributed by atoms with Gasteiger partial charge in [0, 0.05) is 6.54 Å². The SMILES string of the molecule is NCCO/C=C/c1ccccc1. The molecule has 0 unspecified atom stereocenters. The summed E-state index contributed by atoms with van der Waals surface area (Å²) in [5.41, 5.74) is 6.38. The number of benzene rings is 1. The molecule has 1 aromatic carbocycles. The van der Waals surface area contributed by atoms with E-state index in [4.69, 9.17) is 10.5 Å². The van der Waals surface area contributed by atoms with Crippen LogP contribution in [-0.4, -0.2) is 13.2 Å².